The number of amides is 2. The lowest BCUT2D eigenvalue weighted by Gasteiger charge is -2.37. The number of carbonyl (C=O) groups excluding carboxylic acids is 1. The minimum Gasteiger partial charge on any atom is -0.493 e. The minimum atomic E-state index is -0.00625. The van der Waals surface area contributed by atoms with Crippen LogP contribution in [-0.2, 0) is 13.1 Å². The molecule has 1 saturated heterocycles. The molecule has 176 valence electrons. The summed E-state index contributed by atoms with van der Waals surface area (Å²) in [5.74, 6) is 1.36. The summed E-state index contributed by atoms with van der Waals surface area (Å²) in [6.07, 6.45) is 3.95. The Balaban J connectivity index is 1.43. The van der Waals surface area contributed by atoms with Crippen molar-refractivity contribution in [2.75, 3.05) is 26.7 Å². The Morgan fingerprint density at radius 1 is 1.15 bits per heavy atom. The highest BCUT2D eigenvalue weighted by Gasteiger charge is 2.27. The Labute approximate surface area is 196 Å². The molecule has 0 bridgehead atoms. The highest BCUT2D eigenvalue weighted by molar-refractivity contribution is 5.83. The zero-order chi connectivity index (χ0) is 23.2. The largest absolute Gasteiger partial charge is 0.493 e. The average Bonchev–Trinajstić information content (AvgIpc) is 3.31. The van der Waals surface area contributed by atoms with Gasteiger partial charge in [0.25, 0.3) is 0 Å². The number of H-pyrrole nitrogens is 1. The standard InChI is InChI=1S/C27H36N4O2/c1-20(2)19-33-25-9-7-21(8-10-25)17-29-27(32)31(24-12-15-30(3)16-13-24)18-23-6-4-5-22-11-14-28-26(22)23/h4-11,14,20,24,28H,12-13,15-19H2,1-3H3,(H,29,32). The van der Waals surface area contributed by atoms with Crippen molar-refractivity contribution in [2.24, 2.45) is 5.92 Å². The number of para-hydroxylation sites is 1. The lowest BCUT2D eigenvalue weighted by atomic mass is 10.0. The van der Waals surface area contributed by atoms with E-state index in [0.29, 0.717) is 25.6 Å². The summed E-state index contributed by atoms with van der Waals surface area (Å²) in [7, 11) is 2.15. The van der Waals surface area contributed by atoms with Crippen LogP contribution < -0.4 is 10.1 Å². The molecule has 2 N–H and O–H groups in total. The third-order valence-corrected chi connectivity index (χ3v) is 6.35. The maximum absolute atomic E-state index is 13.4. The monoisotopic (exact) mass is 448 g/mol. The van der Waals surface area contributed by atoms with Crippen LogP contribution in [0.2, 0.25) is 0 Å². The molecule has 1 aliphatic heterocycles. The number of urea groups is 1. The molecule has 4 rings (SSSR count). The molecule has 1 fully saturated rings. The number of aromatic amines is 1. The number of hydrogen-bond acceptors (Lipinski definition) is 3. The molecule has 0 aliphatic carbocycles. The van der Waals surface area contributed by atoms with Crippen LogP contribution >= 0.6 is 0 Å². The predicted molar refractivity (Wildman–Crippen MR) is 133 cm³/mol. The Morgan fingerprint density at radius 2 is 1.91 bits per heavy atom. The molecular weight excluding hydrogens is 412 g/mol. The van der Waals surface area contributed by atoms with Gasteiger partial charge in [-0.25, -0.2) is 4.79 Å². The third-order valence-electron chi connectivity index (χ3n) is 6.35. The minimum absolute atomic E-state index is 0.00625. The van der Waals surface area contributed by atoms with Crippen LogP contribution in [0.25, 0.3) is 10.9 Å². The Morgan fingerprint density at radius 3 is 2.64 bits per heavy atom. The SMILES string of the molecule is CC(C)COc1ccc(CNC(=O)N(Cc2cccc3cc[nH]c23)C2CCN(C)CC2)cc1. The first-order valence-corrected chi connectivity index (χ1v) is 12.0. The van der Waals surface area contributed by atoms with Crippen molar-refractivity contribution in [1.29, 1.82) is 0 Å². The topological polar surface area (TPSA) is 60.6 Å². The normalized spacial score (nSPS) is 15.2. The molecule has 0 radical (unpaired) electrons. The number of ether oxygens (including phenoxy) is 1. The van der Waals surface area contributed by atoms with Gasteiger partial charge in [-0.15, -0.1) is 0 Å². The molecule has 1 aliphatic rings. The molecule has 2 heterocycles. The quantitative estimate of drug-likeness (QED) is 0.509. The molecule has 0 saturated carbocycles. The van der Waals surface area contributed by atoms with Crippen molar-refractivity contribution in [3.05, 3.63) is 65.9 Å². The van der Waals surface area contributed by atoms with Gasteiger partial charge in [0.1, 0.15) is 5.75 Å². The van der Waals surface area contributed by atoms with Gasteiger partial charge in [-0.05, 0) is 73.6 Å². The fraction of sp³-hybridized carbons (Fsp3) is 0.444. The molecule has 2 aromatic carbocycles. The van der Waals surface area contributed by atoms with Crippen LogP contribution in [0, 0.1) is 5.92 Å². The lowest BCUT2D eigenvalue weighted by Crippen LogP contribution is -2.49. The number of fused-ring (bicyclic) bond motifs is 1. The number of piperidine rings is 1. The van der Waals surface area contributed by atoms with Crippen molar-refractivity contribution >= 4 is 16.9 Å². The van der Waals surface area contributed by atoms with Gasteiger partial charge in [-0.1, -0.05) is 44.2 Å². The summed E-state index contributed by atoms with van der Waals surface area (Å²) in [4.78, 5) is 21.1. The van der Waals surface area contributed by atoms with Gasteiger partial charge in [0.15, 0.2) is 0 Å². The van der Waals surface area contributed by atoms with E-state index in [-0.39, 0.29) is 12.1 Å². The second-order valence-electron chi connectivity index (χ2n) is 9.53. The van der Waals surface area contributed by atoms with Crippen LogP contribution in [0.1, 0.15) is 37.8 Å². The fourth-order valence-corrected chi connectivity index (χ4v) is 4.38. The van der Waals surface area contributed by atoms with Crippen LogP contribution in [0.5, 0.6) is 5.75 Å². The van der Waals surface area contributed by atoms with Gasteiger partial charge in [0, 0.05) is 25.3 Å². The number of carbonyl (C=O) groups is 1. The van der Waals surface area contributed by atoms with Crippen molar-refractivity contribution in [2.45, 2.75) is 45.8 Å². The second kappa shape index (κ2) is 10.8. The van der Waals surface area contributed by atoms with E-state index in [0.717, 1.165) is 48.3 Å². The number of rotatable bonds is 8. The Bertz CT molecular complexity index is 1040. The highest BCUT2D eigenvalue weighted by Crippen LogP contribution is 2.23. The Hall–Kier alpha value is -2.99. The molecule has 2 amide bonds. The third kappa shape index (κ3) is 6.08. The molecular formula is C27H36N4O2. The summed E-state index contributed by atoms with van der Waals surface area (Å²) in [6, 6.07) is 16.6. The first kappa shape index (κ1) is 23.2. The number of nitrogens with zero attached hydrogens (tertiary/aromatic N) is 2. The first-order chi connectivity index (χ1) is 16.0. The summed E-state index contributed by atoms with van der Waals surface area (Å²) < 4.78 is 5.77. The van der Waals surface area contributed by atoms with Gasteiger partial charge < -0.3 is 24.8 Å². The predicted octanol–water partition coefficient (Wildman–Crippen LogP) is 5.01. The van der Waals surface area contributed by atoms with Gasteiger partial charge >= 0.3 is 6.03 Å². The van der Waals surface area contributed by atoms with E-state index < -0.39 is 0 Å². The van der Waals surface area contributed by atoms with Crippen LogP contribution in [-0.4, -0.2) is 53.6 Å². The second-order valence-corrected chi connectivity index (χ2v) is 9.53. The molecule has 3 aromatic rings. The zero-order valence-electron chi connectivity index (χ0n) is 20.0. The van der Waals surface area contributed by atoms with Crippen molar-refractivity contribution in [1.82, 2.24) is 20.1 Å². The maximum Gasteiger partial charge on any atom is 0.318 e. The zero-order valence-corrected chi connectivity index (χ0v) is 20.0. The van der Waals surface area contributed by atoms with Gasteiger partial charge in [0.2, 0.25) is 0 Å². The van der Waals surface area contributed by atoms with Gasteiger partial charge in [-0.3, -0.25) is 0 Å². The molecule has 6 nitrogen and oxygen atoms in total. The number of hydrogen-bond donors (Lipinski definition) is 2. The van der Waals surface area contributed by atoms with Crippen LogP contribution in [0.15, 0.2) is 54.7 Å². The molecule has 1 aromatic heterocycles. The van der Waals surface area contributed by atoms with E-state index in [1.165, 1.54) is 5.39 Å². The van der Waals surface area contributed by atoms with E-state index in [9.17, 15) is 4.79 Å². The number of likely N-dealkylation sites (tertiary alicyclic amines) is 1. The number of benzene rings is 2. The lowest BCUT2D eigenvalue weighted by molar-refractivity contribution is 0.127. The fourth-order valence-electron chi connectivity index (χ4n) is 4.38. The van der Waals surface area contributed by atoms with Crippen LogP contribution in [0.4, 0.5) is 4.79 Å². The van der Waals surface area contributed by atoms with Crippen molar-refractivity contribution < 1.29 is 9.53 Å². The summed E-state index contributed by atoms with van der Waals surface area (Å²) in [5.41, 5.74) is 3.33. The first-order valence-electron chi connectivity index (χ1n) is 12.0. The molecule has 0 unspecified atom stereocenters. The van der Waals surface area contributed by atoms with E-state index in [2.05, 4.69) is 60.4 Å². The molecule has 0 atom stereocenters. The summed E-state index contributed by atoms with van der Waals surface area (Å²) >= 11 is 0. The van der Waals surface area contributed by atoms with Gasteiger partial charge in [-0.2, -0.15) is 0 Å². The van der Waals surface area contributed by atoms with E-state index in [1.54, 1.807) is 0 Å². The van der Waals surface area contributed by atoms with Crippen molar-refractivity contribution in [3.63, 3.8) is 0 Å². The van der Waals surface area contributed by atoms with E-state index in [1.807, 2.05) is 35.4 Å². The smallest absolute Gasteiger partial charge is 0.318 e. The maximum atomic E-state index is 13.4. The molecule has 0 spiro atoms. The van der Waals surface area contributed by atoms with Gasteiger partial charge in [0.05, 0.1) is 12.1 Å². The van der Waals surface area contributed by atoms with E-state index >= 15 is 0 Å². The molecule has 6 heteroatoms. The van der Waals surface area contributed by atoms with Crippen LogP contribution in [0.3, 0.4) is 0 Å². The Kier molecular flexibility index (Phi) is 7.55. The summed E-state index contributed by atoms with van der Waals surface area (Å²) in [6.45, 7) is 8.10. The van der Waals surface area contributed by atoms with E-state index in [4.69, 9.17) is 4.74 Å². The molecule has 33 heavy (non-hydrogen) atoms. The van der Waals surface area contributed by atoms with Crippen molar-refractivity contribution in [3.8, 4) is 5.75 Å². The average molecular weight is 449 g/mol. The highest BCUT2D eigenvalue weighted by atomic mass is 16.5. The number of nitrogens with one attached hydrogen (secondary N) is 2. The summed E-state index contributed by atoms with van der Waals surface area (Å²) in [5, 5.41) is 4.34. The number of aromatic nitrogens is 1.